The summed E-state index contributed by atoms with van der Waals surface area (Å²) in [6, 6.07) is 5.56. The fraction of sp³-hybridized carbons (Fsp3) is 0.562. The Labute approximate surface area is 145 Å². The monoisotopic (exact) mass is 479 g/mol. The summed E-state index contributed by atoms with van der Waals surface area (Å²) >= 11 is 0. The molecule has 6 heteroatoms. The molecule has 1 aromatic carbocycles. The van der Waals surface area contributed by atoms with Gasteiger partial charge in [0, 0.05) is 27.5 Å². The van der Waals surface area contributed by atoms with Crippen molar-refractivity contribution in [3.05, 3.63) is 36.2 Å². The van der Waals surface area contributed by atoms with Gasteiger partial charge >= 0.3 is 0 Å². The van der Waals surface area contributed by atoms with E-state index in [-0.39, 0.29) is 40.0 Å². The van der Waals surface area contributed by atoms with Crippen LogP contribution < -0.4 is 4.74 Å². The smallest absolute Gasteiger partial charge is 0.226 e. The summed E-state index contributed by atoms with van der Waals surface area (Å²) in [6.45, 7) is 7.67. The topological polar surface area (TPSA) is 79.2 Å². The number of hydrogen-bond acceptors (Lipinski definition) is 5. The van der Waals surface area contributed by atoms with E-state index in [9.17, 15) is 15.3 Å². The second kappa shape index (κ2) is 8.32. The first-order chi connectivity index (χ1) is 9.92. The maximum Gasteiger partial charge on any atom is 0.226 e. The molecule has 0 bridgehead atoms. The molecular weight excluding hydrogens is 456 g/mol. The summed E-state index contributed by atoms with van der Waals surface area (Å²) in [6.07, 6.45) is -3.37. The van der Waals surface area contributed by atoms with E-state index in [0.29, 0.717) is 5.75 Å². The Balaban J connectivity index is 0.00000242. The van der Waals surface area contributed by atoms with Gasteiger partial charge in [0.25, 0.3) is 0 Å². The number of rotatable bonds is 4. The second-order valence-corrected chi connectivity index (χ2v) is 5.74. The zero-order chi connectivity index (χ0) is 15.6. The average Bonchev–Trinajstić information content (AvgIpc) is 2.43. The maximum atomic E-state index is 9.99. The van der Waals surface area contributed by atoms with Gasteiger partial charge in [0.2, 0.25) is 6.29 Å². The number of aliphatic hydroxyl groups excluding tert-OH is 3. The second-order valence-electron chi connectivity index (χ2n) is 5.74. The summed E-state index contributed by atoms with van der Waals surface area (Å²) in [5, 5.41) is 28.9. The standard InChI is InChI=1S/C16H23O5.W/c1-9(2)11-6-10(3)4-5-14(11)20-16-13(19)7-12(18)15(8-17)21-16;/h4-6,9,12-13,15-19H,3,7-8H2,1-2H3;/q-1;/t12?,13-,15+,16?;/m0./s1. The van der Waals surface area contributed by atoms with Crippen LogP contribution in [0, 0.1) is 6.92 Å². The van der Waals surface area contributed by atoms with E-state index in [1.54, 1.807) is 6.07 Å². The maximum absolute atomic E-state index is 9.99. The van der Waals surface area contributed by atoms with Gasteiger partial charge in [-0.15, -0.1) is 0 Å². The molecule has 0 spiro atoms. The van der Waals surface area contributed by atoms with Gasteiger partial charge in [0.15, 0.2) is 0 Å². The summed E-state index contributed by atoms with van der Waals surface area (Å²) in [4.78, 5) is 0. The van der Waals surface area contributed by atoms with Gasteiger partial charge < -0.3 is 24.8 Å². The van der Waals surface area contributed by atoms with Crippen LogP contribution >= 0.6 is 0 Å². The molecule has 2 unspecified atom stereocenters. The largest absolute Gasteiger partial charge is 0.464 e. The van der Waals surface area contributed by atoms with E-state index in [1.807, 2.05) is 26.0 Å². The van der Waals surface area contributed by atoms with Gasteiger partial charge in [0.1, 0.15) is 18.0 Å². The zero-order valence-electron chi connectivity index (χ0n) is 12.8. The van der Waals surface area contributed by atoms with Crippen LogP contribution in [0.2, 0.25) is 0 Å². The number of benzene rings is 1. The molecule has 0 aromatic heterocycles. The van der Waals surface area contributed by atoms with Gasteiger partial charge in [-0.3, -0.25) is 0 Å². The molecule has 1 aliphatic heterocycles. The third-order valence-electron chi connectivity index (χ3n) is 3.65. The van der Waals surface area contributed by atoms with Crippen LogP contribution in [-0.2, 0) is 25.8 Å². The van der Waals surface area contributed by atoms with Crippen LogP contribution in [0.1, 0.15) is 37.3 Å². The van der Waals surface area contributed by atoms with Crippen LogP contribution in [-0.4, -0.2) is 46.5 Å². The van der Waals surface area contributed by atoms with E-state index in [1.165, 1.54) is 0 Å². The predicted molar refractivity (Wildman–Crippen MR) is 78.0 cm³/mol. The molecule has 1 fully saturated rings. The number of aliphatic hydroxyl groups is 3. The molecule has 0 amide bonds. The molecule has 5 nitrogen and oxygen atoms in total. The minimum absolute atomic E-state index is 0. The normalized spacial score (nSPS) is 28.3. The summed E-state index contributed by atoms with van der Waals surface area (Å²) in [5.74, 6) is 0.858. The van der Waals surface area contributed by atoms with Crippen molar-refractivity contribution in [3.63, 3.8) is 0 Å². The zero-order valence-corrected chi connectivity index (χ0v) is 15.7. The van der Waals surface area contributed by atoms with Crippen LogP contribution in [0.25, 0.3) is 0 Å². The molecule has 3 N–H and O–H groups in total. The summed E-state index contributed by atoms with van der Waals surface area (Å²) in [5.41, 5.74) is 1.87. The first kappa shape index (κ1) is 19.5. The SMILES string of the molecule is [CH2-]c1ccc(OC2O[C@H](CO)C(O)C[C@@H]2O)c(C(C)C)c1.[W]. The van der Waals surface area contributed by atoms with Crippen molar-refractivity contribution >= 4 is 0 Å². The summed E-state index contributed by atoms with van der Waals surface area (Å²) < 4.78 is 11.2. The Hall–Kier alpha value is -0.582. The first-order valence-corrected chi connectivity index (χ1v) is 7.17. The Kier molecular flexibility index (Phi) is 7.36. The summed E-state index contributed by atoms with van der Waals surface area (Å²) in [7, 11) is 0. The quantitative estimate of drug-likeness (QED) is 0.566. The van der Waals surface area contributed by atoms with Gasteiger partial charge in [-0.2, -0.15) is 24.6 Å². The van der Waals surface area contributed by atoms with Gasteiger partial charge in [-0.25, -0.2) is 0 Å². The van der Waals surface area contributed by atoms with Crippen LogP contribution in [0.3, 0.4) is 0 Å². The van der Waals surface area contributed by atoms with Gasteiger partial charge in [0.05, 0.1) is 12.7 Å². The van der Waals surface area contributed by atoms with Gasteiger partial charge in [-0.1, -0.05) is 25.5 Å². The Morgan fingerprint density at radius 2 is 2.00 bits per heavy atom. The average molecular weight is 479 g/mol. The first-order valence-electron chi connectivity index (χ1n) is 7.17. The molecule has 0 aliphatic carbocycles. The number of ether oxygens (including phenoxy) is 2. The van der Waals surface area contributed by atoms with Crippen molar-refractivity contribution in [3.8, 4) is 5.75 Å². The van der Waals surface area contributed by atoms with Crippen LogP contribution in [0.4, 0.5) is 0 Å². The molecular formula is C16H23O5W-. The predicted octanol–water partition coefficient (Wildman–Crippen LogP) is 1.20. The van der Waals surface area contributed by atoms with Crippen molar-refractivity contribution in [2.45, 2.75) is 50.8 Å². The van der Waals surface area contributed by atoms with E-state index in [2.05, 4.69) is 6.92 Å². The van der Waals surface area contributed by atoms with Crippen molar-refractivity contribution in [2.75, 3.05) is 6.61 Å². The molecule has 0 saturated carbocycles. The molecule has 1 saturated heterocycles. The fourth-order valence-electron chi connectivity index (χ4n) is 2.42. The van der Waals surface area contributed by atoms with E-state index < -0.39 is 24.6 Å². The van der Waals surface area contributed by atoms with Crippen LogP contribution in [0.15, 0.2) is 18.2 Å². The van der Waals surface area contributed by atoms with Crippen molar-refractivity contribution < 1.29 is 45.9 Å². The van der Waals surface area contributed by atoms with Crippen LogP contribution in [0.5, 0.6) is 5.75 Å². The van der Waals surface area contributed by atoms with E-state index in [4.69, 9.17) is 9.47 Å². The van der Waals surface area contributed by atoms with Crippen molar-refractivity contribution in [1.82, 2.24) is 0 Å². The van der Waals surface area contributed by atoms with Crippen molar-refractivity contribution in [1.29, 1.82) is 0 Å². The minimum atomic E-state index is -0.942. The van der Waals surface area contributed by atoms with E-state index >= 15 is 0 Å². The Morgan fingerprint density at radius 1 is 1.32 bits per heavy atom. The van der Waals surface area contributed by atoms with Crippen molar-refractivity contribution in [2.24, 2.45) is 0 Å². The molecule has 0 radical (unpaired) electrons. The molecule has 22 heavy (non-hydrogen) atoms. The third-order valence-corrected chi connectivity index (χ3v) is 3.65. The van der Waals surface area contributed by atoms with E-state index in [0.717, 1.165) is 11.1 Å². The third kappa shape index (κ3) is 4.46. The molecule has 1 aliphatic rings. The minimum Gasteiger partial charge on any atom is -0.464 e. The molecule has 2 rings (SSSR count). The molecule has 1 aromatic rings. The van der Waals surface area contributed by atoms with Gasteiger partial charge in [-0.05, 0) is 5.92 Å². The Morgan fingerprint density at radius 3 is 2.59 bits per heavy atom. The molecule has 4 atom stereocenters. The molecule has 124 valence electrons. The fourth-order valence-corrected chi connectivity index (χ4v) is 2.42. The number of hydrogen-bond donors (Lipinski definition) is 3. The molecule has 1 heterocycles. The Bertz CT molecular complexity index is 480.